The van der Waals surface area contributed by atoms with Crippen LogP contribution in [0.25, 0.3) is 31.3 Å². The lowest BCUT2D eigenvalue weighted by Gasteiger charge is -1.95. The molecule has 6 nitrogen and oxygen atoms in total. The summed E-state index contributed by atoms with van der Waals surface area (Å²) in [5.41, 5.74) is 3.09. The number of phenolic OH excluding ortho intramolecular Hbond substituents is 3. The SMILES string of the molecule is O/N=c1/cc(-c2ccc(O)cc2)ss1.O=c1cc(-c2ccc(O)cc2)ss1.Oc1ccc(-c2cc(=S)ss2)cc1. The first-order valence-corrected chi connectivity index (χ1v) is 18.0. The first kappa shape index (κ1) is 29.8. The number of hydrogen-bond acceptors (Lipinski definition) is 13. The van der Waals surface area contributed by atoms with Gasteiger partial charge in [0.25, 0.3) is 0 Å². The average Bonchev–Trinajstić information content (AvgIpc) is 3.72. The molecule has 4 N–H and O–H groups in total. The van der Waals surface area contributed by atoms with Crippen molar-refractivity contribution in [1.29, 1.82) is 0 Å². The Morgan fingerprint density at radius 3 is 1.27 bits per heavy atom. The lowest BCUT2D eigenvalue weighted by molar-refractivity contribution is 0.304. The van der Waals surface area contributed by atoms with E-state index in [9.17, 15) is 4.79 Å². The van der Waals surface area contributed by atoms with Crippen LogP contribution >= 0.6 is 74.3 Å². The van der Waals surface area contributed by atoms with E-state index < -0.39 is 0 Å². The normalized spacial score (nSPS) is 10.8. The monoisotopic (exact) mass is 661 g/mol. The van der Waals surface area contributed by atoms with Crippen LogP contribution in [0.3, 0.4) is 0 Å². The number of hydrogen-bond donors (Lipinski definition) is 4. The van der Waals surface area contributed by atoms with E-state index in [2.05, 4.69) is 5.16 Å². The van der Waals surface area contributed by atoms with E-state index in [0.717, 1.165) is 35.1 Å². The van der Waals surface area contributed by atoms with E-state index >= 15 is 0 Å². The zero-order valence-corrected chi connectivity index (χ0v) is 25.9. The van der Waals surface area contributed by atoms with E-state index in [-0.39, 0.29) is 16.2 Å². The molecule has 3 heterocycles. The molecule has 13 heteroatoms. The quantitative estimate of drug-likeness (QED) is 0.0653. The Balaban J connectivity index is 0.000000139. The van der Waals surface area contributed by atoms with E-state index in [1.807, 2.05) is 36.4 Å². The summed E-state index contributed by atoms with van der Waals surface area (Å²) < 4.78 is 1.58. The fourth-order valence-corrected chi connectivity index (χ4v) is 9.39. The number of aromatic hydroxyl groups is 3. The van der Waals surface area contributed by atoms with Gasteiger partial charge in [-0.15, -0.1) is 0 Å². The van der Waals surface area contributed by atoms with Gasteiger partial charge in [0.05, 0.1) is 0 Å². The van der Waals surface area contributed by atoms with Crippen molar-refractivity contribution in [3.8, 4) is 48.6 Å². The van der Waals surface area contributed by atoms with Gasteiger partial charge in [-0.2, -0.15) is 0 Å². The van der Waals surface area contributed by atoms with Crippen molar-refractivity contribution >= 4 is 74.3 Å². The maximum Gasteiger partial charge on any atom is 0.243 e. The fraction of sp³-hybridized carbons (Fsp3) is 0. The van der Waals surface area contributed by atoms with Gasteiger partial charge < -0.3 is 20.5 Å². The van der Waals surface area contributed by atoms with Gasteiger partial charge in [0, 0.05) is 20.7 Å². The number of rotatable bonds is 3. The van der Waals surface area contributed by atoms with E-state index in [0.29, 0.717) is 10.4 Å². The molecule has 40 heavy (non-hydrogen) atoms. The largest absolute Gasteiger partial charge is 0.508 e. The molecular formula is C27H19NO5S7. The van der Waals surface area contributed by atoms with Crippen molar-refractivity contribution in [1.82, 2.24) is 0 Å². The minimum absolute atomic E-state index is 0.0769. The summed E-state index contributed by atoms with van der Waals surface area (Å²) in [7, 11) is 8.90. The first-order chi connectivity index (χ1) is 19.3. The predicted molar refractivity (Wildman–Crippen MR) is 172 cm³/mol. The maximum atomic E-state index is 10.9. The molecule has 204 valence electrons. The molecule has 0 aliphatic rings. The van der Waals surface area contributed by atoms with Crippen LogP contribution in [0.2, 0.25) is 0 Å². The van der Waals surface area contributed by atoms with Crippen molar-refractivity contribution in [3.05, 3.63) is 109 Å². The number of nitrogens with zero attached hydrogens (tertiary/aromatic N) is 1. The highest BCUT2D eigenvalue weighted by Crippen LogP contribution is 2.30. The molecule has 3 aromatic heterocycles. The third-order valence-corrected chi connectivity index (χ3v) is 12.3. The molecule has 0 spiro atoms. The smallest absolute Gasteiger partial charge is 0.243 e. The molecule has 0 aliphatic heterocycles. The third kappa shape index (κ3) is 8.66. The van der Waals surface area contributed by atoms with Crippen LogP contribution in [-0.4, -0.2) is 20.5 Å². The van der Waals surface area contributed by atoms with Crippen LogP contribution in [0.15, 0.2) is 101 Å². The van der Waals surface area contributed by atoms with Crippen molar-refractivity contribution in [3.63, 3.8) is 0 Å². The molecule has 0 bridgehead atoms. The van der Waals surface area contributed by atoms with Gasteiger partial charge in [0.2, 0.25) is 4.74 Å². The summed E-state index contributed by atoms with van der Waals surface area (Å²) in [5.74, 6) is 0.787. The highest BCUT2D eigenvalue weighted by molar-refractivity contribution is 7.80. The Morgan fingerprint density at radius 2 is 0.925 bits per heavy atom. The van der Waals surface area contributed by atoms with Crippen LogP contribution in [0.5, 0.6) is 17.2 Å². The Bertz CT molecular complexity index is 1730. The molecule has 0 unspecified atom stereocenters. The summed E-state index contributed by atoms with van der Waals surface area (Å²) in [6, 6.07) is 26.3. The lowest BCUT2D eigenvalue weighted by Crippen LogP contribution is -1.87. The molecule has 0 aliphatic carbocycles. The number of benzene rings is 3. The zero-order valence-electron chi connectivity index (χ0n) is 20.2. The summed E-state index contributed by atoms with van der Waals surface area (Å²) in [4.78, 5) is 14.1. The Kier molecular flexibility index (Phi) is 10.8. The maximum absolute atomic E-state index is 10.9. The van der Waals surface area contributed by atoms with Crippen molar-refractivity contribution in [2.24, 2.45) is 5.16 Å². The summed E-state index contributed by atoms with van der Waals surface area (Å²) >= 11 is 5.04. The molecule has 6 aromatic rings. The van der Waals surface area contributed by atoms with Gasteiger partial charge >= 0.3 is 0 Å². The minimum atomic E-state index is 0.0769. The van der Waals surface area contributed by atoms with Crippen LogP contribution < -0.4 is 9.41 Å². The van der Waals surface area contributed by atoms with Gasteiger partial charge in [0.1, 0.15) is 21.1 Å². The Hall–Kier alpha value is -3.17. The van der Waals surface area contributed by atoms with Crippen LogP contribution in [-0.2, 0) is 0 Å². The third-order valence-electron chi connectivity index (χ3n) is 4.95. The van der Waals surface area contributed by atoms with E-state index in [4.69, 9.17) is 32.7 Å². The van der Waals surface area contributed by atoms with Gasteiger partial charge in [0.15, 0.2) is 4.67 Å². The fourth-order valence-electron chi connectivity index (χ4n) is 3.05. The summed E-state index contributed by atoms with van der Waals surface area (Å²) in [5, 5.41) is 38.9. The van der Waals surface area contributed by atoms with Crippen LogP contribution in [0.1, 0.15) is 0 Å². The topological polar surface area (TPSA) is 110 Å². The first-order valence-electron chi connectivity index (χ1n) is 11.2. The second kappa shape index (κ2) is 14.5. The molecule has 0 atom stereocenters. The minimum Gasteiger partial charge on any atom is -0.508 e. The van der Waals surface area contributed by atoms with Gasteiger partial charge in [-0.25, -0.2) is 0 Å². The van der Waals surface area contributed by atoms with Gasteiger partial charge in [-0.05, 0) is 112 Å². The predicted octanol–water partition coefficient (Wildman–Crippen LogP) is 8.93. The molecule has 0 amide bonds. The van der Waals surface area contributed by atoms with Crippen molar-refractivity contribution < 1.29 is 20.5 Å². The van der Waals surface area contributed by atoms with Crippen molar-refractivity contribution in [2.45, 2.75) is 0 Å². The van der Waals surface area contributed by atoms with E-state index in [1.165, 1.54) is 41.4 Å². The van der Waals surface area contributed by atoms with Crippen molar-refractivity contribution in [2.75, 3.05) is 0 Å². The standard InChI is InChI=1S/C9H7NO2S2.C9H6O2S2.C9H6OS3/c11-7-3-1-6(2-4-7)8-5-9(10-12)14-13-8;2*10-7-3-1-6(2-4-7)8-5-9(11)13-12-8/h1-5,11-12H;2*1-5,10H/b10-9-;;. The summed E-state index contributed by atoms with van der Waals surface area (Å²) in [6.07, 6.45) is 0. The second-order valence-electron chi connectivity index (χ2n) is 7.74. The molecule has 0 radical (unpaired) electrons. The molecule has 3 aromatic carbocycles. The molecular weight excluding hydrogens is 643 g/mol. The van der Waals surface area contributed by atoms with Crippen LogP contribution in [0.4, 0.5) is 0 Å². The zero-order chi connectivity index (χ0) is 28.5. The average molecular weight is 662 g/mol. The molecule has 0 fully saturated rings. The highest BCUT2D eigenvalue weighted by atomic mass is 32.9. The number of phenols is 3. The second-order valence-corrected chi connectivity index (χ2v) is 15.0. The summed E-state index contributed by atoms with van der Waals surface area (Å²) in [6.45, 7) is 0. The van der Waals surface area contributed by atoms with Gasteiger partial charge in [-0.1, -0.05) is 69.1 Å². The Morgan fingerprint density at radius 1 is 0.525 bits per heavy atom. The van der Waals surface area contributed by atoms with Gasteiger partial charge in [-0.3, -0.25) is 4.79 Å². The molecule has 0 saturated carbocycles. The Labute approximate surface area is 255 Å². The lowest BCUT2D eigenvalue weighted by atomic mass is 10.2. The highest BCUT2D eigenvalue weighted by Gasteiger charge is 2.02. The van der Waals surface area contributed by atoms with E-state index in [1.54, 1.807) is 75.3 Å². The van der Waals surface area contributed by atoms with Crippen LogP contribution in [0, 0.1) is 3.82 Å². The molecule has 0 saturated heterocycles. The molecule has 6 rings (SSSR count).